The Hall–Kier alpha value is -1.92. The fourth-order valence-electron chi connectivity index (χ4n) is 1.36. The second-order valence-corrected chi connectivity index (χ2v) is 4.32. The molecule has 0 unspecified atom stereocenters. The fraction of sp³-hybridized carbons (Fsp3) is 0.636. The van der Waals surface area contributed by atoms with E-state index in [0.717, 1.165) is 6.42 Å². The molecule has 0 saturated heterocycles. The summed E-state index contributed by atoms with van der Waals surface area (Å²) < 4.78 is 0. The van der Waals surface area contributed by atoms with E-state index in [1.54, 1.807) is 0 Å². The van der Waals surface area contributed by atoms with Crippen LogP contribution in [0.1, 0.15) is 27.2 Å². The molecule has 0 radical (unpaired) electrons. The van der Waals surface area contributed by atoms with Crippen LogP contribution in [0.4, 0.5) is 17.5 Å². The zero-order chi connectivity index (χ0) is 13.5. The third-order valence-corrected chi connectivity index (χ3v) is 2.32. The van der Waals surface area contributed by atoms with Crippen LogP contribution < -0.4 is 10.6 Å². The van der Waals surface area contributed by atoms with E-state index in [9.17, 15) is 10.1 Å². The maximum Gasteiger partial charge on any atom is 0.329 e. The van der Waals surface area contributed by atoms with E-state index in [1.165, 1.54) is 6.20 Å². The van der Waals surface area contributed by atoms with Gasteiger partial charge in [0.15, 0.2) is 0 Å². The summed E-state index contributed by atoms with van der Waals surface area (Å²) in [7, 11) is 0. The molecule has 0 aliphatic heterocycles. The zero-order valence-corrected chi connectivity index (χ0v) is 10.9. The first-order valence-electron chi connectivity index (χ1n) is 6.03. The van der Waals surface area contributed by atoms with E-state index in [-0.39, 0.29) is 11.5 Å². The molecule has 7 nitrogen and oxygen atoms in total. The lowest BCUT2D eigenvalue weighted by Crippen LogP contribution is -2.11. The Kier molecular flexibility index (Phi) is 5.29. The van der Waals surface area contributed by atoms with Crippen molar-refractivity contribution >= 4 is 17.5 Å². The molecule has 18 heavy (non-hydrogen) atoms. The van der Waals surface area contributed by atoms with Gasteiger partial charge in [-0.3, -0.25) is 10.1 Å². The topological polar surface area (TPSA) is 93.0 Å². The third-order valence-electron chi connectivity index (χ3n) is 2.32. The lowest BCUT2D eigenvalue weighted by Gasteiger charge is -2.09. The highest BCUT2D eigenvalue weighted by molar-refractivity contribution is 5.56. The van der Waals surface area contributed by atoms with Gasteiger partial charge in [0.05, 0.1) is 4.92 Å². The van der Waals surface area contributed by atoms with Crippen molar-refractivity contribution in [3.63, 3.8) is 0 Å². The molecule has 100 valence electrons. The van der Waals surface area contributed by atoms with Gasteiger partial charge in [-0.15, -0.1) is 0 Å². The van der Waals surface area contributed by atoms with Gasteiger partial charge in [0.25, 0.3) is 0 Å². The quantitative estimate of drug-likeness (QED) is 0.572. The molecule has 1 heterocycles. The molecular weight excluding hydrogens is 234 g/mol. The standard InChI is InChI=1S/C11H19N5O2/c1-4-12-11-14-7-9(16(17)18)10(15-11)13-6-5-8(2)3/h7-8H,4-6H2,1-3H3,(H2,12,13,14,15). The van der Waals surface area contributed by atoms with Crippen LogP contribution in [0.5, 0.6) is 0 Å². The Morgan fingerprint density at radius 1 is 1.44 bits per heavy atom. The maximum absolute atomic E-state index is 10.9. The zero-order valence-electron chi connectivity index (χ0n) is 10.9. The van der Waals surface area contributed by atoms with Gasteiger partial charge in [-0.25, -0.2) is 4.98 Å². The Morgan fingerprint density at radius 3 is 2.72 bits per heavy atom. The third kappa shape index (κ3) is 4.15. The molecule has 0 aromatic carbocycles. The number of hydrogen-bond donors (Lipinski definition) is 2. The molecule has 2 N–H and O–H groups in total. The van der Waals surface area contributed by atoms with Crippen molar-refractivity contribution in [3.8, 4) is 0 Å². The minimum atomic E-state index is -0.479. The predicted octanol–water partition coefficient (Wildman–Crippen LogP) is 2.27. The van der Waals surface area contributed by atoms with Gasteiger partial charge in [-0.1, -0.05) is 13.8 Å². The highest BCUT2D eigenvalue weighted by Gasteiger charge is 2.16. The molecule has 0 amide bonds. The summed E-state index contributed by atoms with van der Waals surface area (Å²) in [4.78, 5) is 18.4. The van der Waals surface area contributed by atoms with Crippen molar-refractivity contribution in [1.29, 1.82) is 0 Å². The monoisotopic (exact) mass is 253 g/mol. The number of hydrogen-bond acceptors (Lipinski definition) is 6. The van der Waals surface area contributed by atoms with Gasteiger partial charge in [-0.2, -0.15) is 4.98 Å². The molecule has 1 aromatic rings. The smallest absolute Gasteiger partial charge is 0.329 e. The summed E-state index contributed by atoms with van der Waals surface area (Å²) in [6.45, 7) is 7.43. The SMILES string of the molecule is CCNc1ncc([N+](=O)[O-])c(NCCC(C)C)n1. The highest BCUT2D eigenvalue weighted by Crippen LogP contribution is 2.22. The van der Waals surface area contributed by atoms with Crippen LogP contribution >= 0.6 is 0 Å². The van der Waals surface area contributed by atoms with E-state index < -0.39 is 4.92 Å². The summed E-state index contributed by atoms with van der Waals surface area (Å²) in [5, 5.41) is 16.8. The van der Waals surface area contributed by atoms with Gasteiger partial charge < -0.3 is 10.6 Å². The largest absolute Gasteiger partial charge is 0.364 e. The molecule has 0 saturated carbocycles. The molecule has 0 bridgehead atoms. The second-order valence-electron chi connectivity index (χ2n) is 4.32. The van der Waals surface area contributed by atoms with Crippen molar-refractivity contribution in [2.24, 2.45) is 5.92 Å². The number of anilines is 2. The Balaban J connectivity index is 2.82. The van der Waals surface area contributed by atoms with Crippen LogP contribution in [-0.2, 0) is 0 Å². The Bertz CT molecular complexity index is 408. The van der Waals surface area contributed by atoms with Crippen molar-refractivity contribution in [2.75, 3.05) is 23.7 Å². The van der Waals surface area contributed by atoms with Crippen molar-refractivity contribution < 1.29 is 4.92 Å². The van der Waals surface area contributed by atoms with Gasteiger partial charge >= 0.3 is 5.69 Å². The van der Waals surface area contributed by atoms with Crippen LogP contribution in [0.25, 0.3) is 0 Å². The van der Waals surface area contributed by atoms with Crippen molar-refractivity contribution in [3.05, 3.63) is 16.3 Å². The summed E-state index contributed by atoms with van der Waals surface area (Å²) in [6, 6.07) is 0. The summed E-state index contributed by atoms with van der Waals surface area (Å²) in [5.41, 5.74) is -0.0968. The lowest BCUT2D eigenvalue weighted by molar-refractivity contribution is -0.384. The van der Waals surface area contributed by atoms with E-state index in [4.69, 9.17) is 0 Å². The van der Waals surface area contributed by atoms with E-state index in [1.807, 2.05) is 6.92 Å². The molecule has 0 spiro atoms. The molecule has 0 aliphatic rings. The first-order valence-corrected chi connectivity index (χ1v) is 6.03. The molecule has 0 aliphatic carbocycles. The van der Waals surface area contributed by atoms with Crippen LogP contribution in [0.3, 0.4) is 0 Å². The average Bonchev–Trinajstić information content (AvgIpc) is 2.29. The van der Waals surface area contributed by atoms with Gasteiger partial charge in [-0.05, 0) is 19.3 Å². The first-order chi connectivity index (χ1) is 8.54. The number of rotatable bonds is 7. The normalized spacial score (nSPS) is 10.4. The summed E-state index contributed by atoms with van der Waals surface area (Å²) in [5.74, 6) is 1.20. The molecule has 1 aromatic heterocycles. The summed E-state index contributed by atoms with van der Waals surface area (Å²) >= 11 is 0. The van der Waals surface area contributed by atoms with Crippen LogP contribution in [0.2, 0.25) is 0 Å². The minimum absolute atomic E-state index is 0.0968. The maximum atomic E-state index is 10.9. The molecule has 1 rings (SSSR count). The van der Waals surface area contributed by atoms with Gasteiger partial charge in [0.2, 0.25) is 11.8 Å². The fourth-order valence-corrected chi connectivity index (χ4v) is 1.36. The number of nitro groups is 1. The minimum Gasteiger partial charge on any atom is -0.364 e. The predicted molar refractivity (Wildman–Crippen MR) is 70.8 cm³/mol. The first kappa shape index (κ1) is 14.1. The van der Waals surface area contributed by atoms with Gasteiger partial charge in [0.1, 0.15) is 6.20 Å². The van der Waals surface area contributed by atoms with Crippen molar-refractivity contribution in [2.45, 2.75) is 27.2 Å². The summed E-state index contributed by atoms with van der Waals surface area (Å²) in [6.07, 6.45) is 2.15. The molecule has 0 fully saturated rings. The Morgan fingerprint density at radius 2 is 2.17 bits per heavy atom. The van der Waals surface area contributed by atoms with E-state index >= 15 is 0 Å². The van der Waals surface area contributed by atoms with Crippen LogP contribution in [-0.4, -0.2) is 28.0 Å². The lowest BCUT2D eigenvalue weighted by atomic mass is 10.1. The van der Waals surface area contributed by atoms with E-state index in [0.29, 0.717) is 25.0 Å². The second kappa shape index (κ2) is 6.73. The van der Waals surface area contributed by atoms with Crippen molar-refractivity contribution in [1.82, 2.24) is 9.97 Å². The average molecular weight is 253 g/mol. The molecular formula is C11H19N5O2. The molecule has 0 atom stereocenters. The van der Waals surface area contributed by atoms with E-state index in [2.05, 4.69) is 34.4 Å². The van der Waals surface area contributed by atoms with Crippen LogP contribution in [0.15, 0.2) is 6.20 Å². The number of aromatic nitrogens is 2. The van der Waals surface area contributed by atoms with Crippen LogP contribution in [0, 0.1) is 16.0 Å². The number of nitrogens with zero attached hydrogens (tertiary/aromatic N) is 3. The highest BCUT2D eigenvalue weighted by atomic mass is 16.6. The Labute approximate surface area is 106 Å². The molecule has 7 heteroatoms. The number of nitrogens with one attached hydrogen (secondary N) is 2. The van der Waals surface area contributed by atoms with Gasteiger partial charge in [0, 0.05) is 13.1 Å².